The van der Waals surface area contributed by atoms with Crippen LogP contribution in [-0.4, -0.2) is 23.3 Å². The molecule has 0 N–H and O–H groups in total. The molecule has 1 heterocycles. The number of benzene rings is 3. The molecule has 4 aromatic rings. The topological polar surface area (TPSA) is 56.3 Å². The van der Waals surface area contributed by atoms with E-state index in [9.17, 15) is 9.59 Å². The van der Waals surface area contributed by atoms with Gasteiger partial charge in [-0.1, -0.05) is 71.7 Å². The number of esters is 1. The zero-order valence-electron chi connectivity index (χ0n) is 16.6. The van der Waals surface area contributed by atoms with Crippen LogP contribution in [0.15, 0.2) is 72.8 Å². The van der Waals surface area contributed by atoms with Crippen LogP contribution in [0.5, 0.6) is 0 Å². The summed E-state index contributed by atoms with van der Waals surface area (Å²) in [4.78, 5) is 30.4. The second-order valence-corrected chi connectivity index (χ2v) is 7.81. The number of ketones is 1. The molecule has 0 aliphatic rings. The summed E-state index contributed by atoms with van der Waals surface area (Å²) in [6.07, 6.45) is 0. The summed E-state index contributed by atoms with van der Waals surface area (Å²) in [5.74, 6) is -1.03. The first-order valence-electron chi connectivity index (χ1n) is 9.56. The Morgan fingerprint density at radius 2 is 1.65 bits per heavy atom. The molecule has 0 saturated carbocycles. The number of halogens is 2. The summed E-state index contributed by atoms with van der Waals surface area (Å²) in [5.41, 5.74) is 3.53. The van der Waals surface area contributed by atoms with E-state index in [-0.39, 0.29) is 10.6 Å². The smallest absolute Gasteiger partial charge is 0.339 e. The van der Waals surface area contributed by atoms with E-state index < -0.39 is 18.4 Å². The van der Waals surface area contributed by atoms with Gasteiger partial charge in [0.05, 0.1) is 21.8 Å². The molecule has 0 radical (unpaired) electrons. The minimum absolute atomic E-state index is 0.211. The van der Waals surface area contributed by atoms with Crippen molar-refractivity contribution in [2.45, 2.75) is 6.92 Å². The summed E-state index contributed by atoms with van der Waals surface area (Å²) in [5, 5.41) is 1.29. The van der Waals surface area contributed by atoms with E-state index in [4.69, 9.17) is 32.9 Å². The molecule has 4 rings (SSSR count). The second kappa shape index (κ2) is 8.88. The molecule has 1 aromatic heterocycles. The third kappa shape index (κ3) is 4.31. The normalized spacial score (nSPS) is 10.8. The van der Waals surface area contributed by atoms with Crippen molar-refractivity contribution in [2.75, 3.05) is 6.61 Å². The molecule has 0 unspecified atom stereocenters. The van der Waals surface area contributed by atoms with Gasteiger partial charge in [0.15, 0.2) is 6.61 Å². The Kier molecular flexibility index (Phi) is 6.03. The van der Waals surface area contributed by atoms with Crippen molar-refractivity contribution in [1.82, 2.24) is 4.98 Å². The van der Waals surface area contributed by atoms with E-state index in [1.54, 1.807) is 6.07 Å². The van der Waals surface area contributed by atoms with Crippen molar-refractivity contribution >= 4 is 45.9 Å². The third-order valence-corrected chi connectivity index (χ3v) is 5.52. The molecule has 4 nitrogen and oxygen atoms in total. The van der Waals surface area contributed by atoms with E-state index in [0.717, 1.165) is 5.56 Å². The van der Waals surface area contributed by atoms with E-state index in [0.29, 0.717) is 32.7 Å². The van der Waals surface area contributed by atoms with E-state index >= 15 is 0 Å². The standard InChI is InChI=1S/C25H17Cl2NO3/c1-15-23(25(30)31-14-22(29)19-13-17(26)11-12-20(19)27)18-9-5-6-10-21(18)28-24(15)16-7-3-2-4-8-16/h2-13H,14H2,1H3. The first-order valence-corrected chi connectivity index (χ1v) is 10.3. The highest BCUT2D eigenvalue weighted by molar-refractivity contribution is 6.36. The van der Waals surface area contributed by atoms with Gasteiger partial charge in [0, 0.05) is 21.5 Å². The van der Waals surface area contributed by atoms with Crippen LogP contribution in [0.25, 0.3) is 22.2 Å². The molecular weight excluding hydrogens is 433 g/mol. The first-order chi connectivity index (χ1) is 15.0. The Morgan fingerprint density at radius 1 is 0.935 bits per heavy atom. The highest BCUT2D eigenvalue weighted by Gasteiger charge is 2.21. The minimum atomic E-state index is -0.597. The number of carbonyl (C=O) groups excluding carboxylic acids is 2. The molecule has 0 saturated heterocycles. The van der Waals surface area contributed by atoms with Gasteiger partial charge in [0.1, 0.15) is 0 Å². The van der Waals surface area contributed by atoms with Gasteiger partial charge in [-0.05, 0) is 36.8 Å². The molecule has 6 heteroatoms. The Labute approximate surface area is 189 Å². The summed E-state index contributed by atoms with van der Waals surface area (Å²) >= 11 is 12.0. The predicted molar refractivity (Wildman–Crippen MR) is 123 cm³/mol. The third-order valence-electron chi connectivity index (χ3n) is 4.95. The summed E-state index contributed by atoms with van der Waals surface area (Å²) < 4.78 is 5.40. The molecular formula is C25H17Cl2NO3. The van der Waals surface area contributed by atoms with Crippen LogP contribution in [0, 0.1) is 6.92 Å². The van der Waals surface area contributed by atoms with Crippen molar-refractivity contribution in [3.05, 3.63) is 99.5 Å². The van der Waals surface area contributed by atoms with Crippen LogP contribution in [0.2, 0.25) is 10.0 Å². The number of hydrogen-bond donors (Lipinski definition) is 0. The van der Waals surface area contributed by atoms with E-state index in [1.165, 1.54) is 12.1 Å². The second-order valence-electron chi connectivity index (χ2n) is 6.97. The van der Waals surface area contributed by atoms with Crippen LogP contribution < -0.4 is 0 Å². The number of aromatic nitrogens is 1. The maximum atomic E-state index is 13.1. The lowest BCUT2D eigenvalue weighted by Crippen LogP contribution is -2.16. The molecule has 0 aliphatic carbocycles. The van der Waals surface area contributed by atoms with Crippen LogP contribution in [0.3, 0.4) is 0 Å². The lowest BCUT2D eigenvalue weighted by Gasteiger charge is -2.14. The fraction of sp³-hybridized carbons (Fsp3) is 0.0800. The van der Waals surface area contributed by atoms with Crippen molar-refractivity contribution in [1.29, 1.82) is 0 Å². The molecule has 0 atom stereocenters. The van der Waals surface area contributed by atoms with Crippen molar-refractivity contribution in [3.8, 4) is 11.3 Å². The number of rotatable bonds is 5. The number of ether oxygens (including phenoxy) is 1. The number of fused-ring (bicyclic) bond motifs is 1. The molecule has 0 fully saturated rings. The SMILES string of the molecule is Cc1c(-c2ccccc2)nc2ccccc2c1C(=O)OCC(=O)c1cc(Cl)ccc1Cl. The van der Waals surface area contributed by atoms with Crippen LogP contribution in [-0.2, 0) is 4.74 Å². The van der Waals surface area contributed by atoms with E-state index in [1.807, 2.05) is 61.5 Å². The summed E-state index contributed by atoms with van der Waals surface area (Å²) in [7, 11) is 0. The fourth-order valence-electron chi connectivity index (χ4n) is 3.44. The Bertz CT molecular complexity index is 1300. The zero-order valence-corrected chi connectivity index (χ0v) is 18.1. The molecule has 0 spiro atoms. The maximum Gasteiger partial charge on any atom is 0.339 e. The minimum Gasteiger partial charge on any atom is -0.454 e. The van der Waals surface area contributed by atoms with Crippen molar-refractivity contribution < 1.29 is 14.3 Å². The zero-order chi connectivity index (χ0) is 22.0. The molecule has 31 heavy (non-hydrogen) atoms. The van der Waals surface area contributed by atoms with Crippen molar-refractivity contribution in [2.24, 2.45) is 0 Å². The fourth-order valence-corrected chi connectivity index (χ4v) is 3.83. The Morgan fingerprint density at radius 3 is 2.42 bits per heavy atom. The van der Waals surface area contributed by atoms with Gasteiger partial charge < -0.3 is 4.74 Å². The van der Waals surface area contributed by atoms with Gasteiger partial charge in [-0.25, -0.2) is 9.78 Å². The monoisotopic (exact) mass is 449 g/mol. The maximum absolute atomic E-state index is 13.1. The molecule has 3 aromatic carbocycles. The quantitative estimate of drug-likeness (QED) is 0.255. The van der Waals surface area contributed by atoms with Gasteiger partial charge in [-0.2, -0.15) is 0 Å². The van der Waals surface area contributed by atoms with Gasteiger partial charge >= 0.3 is 5.97 Å². The molecule has 0 bridgehead atoms. The Balaban J connectivity index is 1.70. The van der Waals surface area contributed by atoms with Gasteiger partial charge in [-0.15, -0.1) is 0 Å². The van der Waals surface area contributed by atoms with Gasteiger partial charge in [0.25, 0.3) is 0 Å². The highest BCUT2D eigenvalue weighted by atomic mass is 35.5. The molecule has 0 amide bonds. The average molecular weight is 450 g/mol. The largest absolute Gasteiger partial charge is 0.454 e. The summed E-state index contributed by atoms with van der Waals surface area (Å²) in [6, 6.07) is 21.5. The first kappa shape index (κ1) is 21.0. The number of nitrogens with zero attached hydrogens (tertiary/aromatic N) is 1. The average Bonchev–Trinajstić information content (AvgIpc) is 2.79. The number of Topliss-reactive ketones (excluding diaryl/α,β-unsaturated/α-hetero) is 1. The highest BCUT2D eigenvalue weighted by Crippen LogP contribution is 2.30. The van der Waals surface area contributed by atoms with E-state index in [2.05, 4.69) is 0 Å². The van der Waals surface area contributed by atoms with Gasteiger partial charge in [0.2, 0.25) is 5.78 Å². The number of para-hydroxylation sites is 1. The molecule has 0 aliphatic heterocycles. The van der Waals surface area contributed by atoms with Crippen molar-refractivity contribution in [3.63, 3.8) is 0 Å². The van der Waals surface area contributed by atoms with Crippen LogP contribution >= 0.6 is 23.2 Å². The van der Waals surface area contributed by atoms with Gasteiger partial charge in [-0.3, -0.25) is 4.79 Å². The predicted octanol–water partition coefficient (Wildman–Crippen LogP) is 6.56. The summed E-state index contributed by atoms with van der Waals surface area (Å²) in [6.45, 7) is 1.38. The Hall–Kier alpha value is -3.21. The molecule has 154 valence electrons. The lowest BCUT2D eigenvalue weighted by molar-refractivity contribution is 0.0476. The number of hydrogen-bond acceptors (Lipinski definition) is 4. The lowest BCUT2D eigenvalue weighted by atomic mass is 9.98. The number of pyridine rings is 1. The van der Waals surface area contributed by atoms with Crippen LogP contribution in [0.1, 0.15) is 26.3 Å². The van der Waals surface area contributed by atoms with Crippen LogP contribution in [0.4, 0.5) is 0 Å². The number of carbonyl (C=O) groups is 2.